The van der Waals surface area contributed by atoms with E-state index in [9.17, 15) is 9.59 Å². The third-order valence-corrected chi connectivity index (χ3v) is 3.66. The Morgan fingerprint density at radius 2 is 1.28 bits per heavy atom. The van der Waals surface area contributed by atoms with Crippen LogP contribution in [0.15, 0.2) is 60.7 Å². The fraction of sp³-hybridized carbons (Fsp3) is 0.300. The van der Waals surface area contributed by atoms with Crippen LogP contribution in [0.1, 0.15) is 17.5 Å². The van der Waals surface area contributed by atoms with Gasteiger partial charge in [-0.3, -0.25) is 9.59 Å². The molecule has 2 rings (SSSR count). The summed E-state index contributed by atoms with van der Waals surface area (Å²) >= 11 is 0. The molecule has 0 heterocycles. The highest BCUT2D eigenvalue weighted by molar-refractivity contribution is 5.82. The van der Waals surface area contributed by atoms with Crippen LogP contribution in [0.2, 0.25) is 0 Å². The van der Waals surface area contributed by atoms with Crippen LogP contribution in [0.4, 0.5) is 0 Å². The summed E-state index contributed by atoms with van der Waals surface area (Å²) in [4.78, 5) is 23.5. The van der Waals surface area contributed by atoms with Crippen LogP contribution in [-0.4, -0.2) is 31.2 Å². The Labute approximate surface area is 147 Å². The van der Waals surface area contributed by atoms with Crippen molar-refractivity contribution in [1.29, 1.82) is 0 Å². The second-order valence-electron chi connectivity index (χ2n) is 5.67. The summed E-state index contributed by atoms with van der Waals surface area (Å²) in [5.41, 5.74) is 7.86. The van der Waals surface area contributed by atoms with Crippen molar-refractivity contribution in [3.05, 3.63) is 71.8 Å². The molecule has 0 aliphatic rings. The molecule has 1 atom stereocenters. The standard InChI is InChI=1S/C20H23NO4/c21-18(20(23)25-14-12-17-9-5-2-6-10-17)15-19(22)24-13-11-16-7-3-1-4-8-16/h1-10,18H,11-15,21H2. The van der Waals surface area contributed by atoms with Crippen LogP contribution in [0, 0.1) is 0 Å². The molecular weight excluding hydrogens is 318 g/mol. The highest BCUT2D eigenvalue weighted by Gasteiger charge is 2.19. The number of hydrogen-bond donors (Lipinski definition) is 1. The molecule has 0 aromatic heterocycles. The summed E-state index contributed by atoms with van der Waals surface area (Å²) in [5, 5.41) is 0. The minimum absolute atomic E-state index is 0.182. The van der Waals surface area contributed by atoms with Crippen LogP contribution in [0.5, 0.6) is 0 Å². The fourth-order valence-corrected chi connectivity index (χ4v) is 2.27. The summed E-state index contributed by atoms with van der Waals surface area (Å²) in [6, 6.07) is 18.4. The van der Waals surface area contributed by atoms with Gasteiger partial charge in [-0.05, 0) is 11.1 Å². The first-order chi connectivity index (χ1) is 12.1. The van der Waals surface area contributed by atoms with Crippen molar-refractivity contribution in [2.75, 3.05) is 13.2 Å². The van der Waals surface area contributed by atoms with Crippen LogP contribution in [0.25, 0.3) is 0 Å². The molecule has 132 valence electrons. The molecule has 2 N–H and O–H groups in total. The summed E-state index contributed by atoms with van der Waals surface area (Å²) in [7, 11) is 0. The fourth-order valence-electron chi connectivity index (χ4n) is 2.27. The van der Waals surface area contributed by atoms with Gasteiger partial charge in [-0.1, -0.05) is 60.7 Å². The first-order valence-corrected chi connectivity index (χ1v) is 8.31. The van der Waals surface area contributed by atoms with Crippen LogP contribution in [0.3, 0.4) is 0 Å². The summed E-state index contributed by atoms with van der Waals surface area (Å²) in [6.45, 7) is 0.498. The predicted octanol–water partition coefficient (Wildman–Crippen LogP) is 2.28. The summed E-state index contributed by atoms with van der Waals surface area (Å²) in [6.07, 6.45) is 1.06. The molecule has 0 bridgehead atoms. The molecule has 0 spiro atoms. The number of ether oxygens (including phenoxy) is 2. The monoisotopic (exact) mass is 341 g/mol. The van der Waals surface area contributed by atoms with E-state index in [2.05, 4.69) is 0 Å². The van der Waals surface area contributed by atoms with Gasteiger partial charge in [-0.25, -0.2) is 0 Å². The molecule has 2 aromatic rings. The maximum atomic E-state index is 11.8. The highest BCUT2D eigenvalue weighted by atomic mass is 16.5. The average Bonchev–Trinajstić information content (AvgIpc) is 2.63. The molecule has 0 aliphatic carbocycles. The molecule has 0 fully saturated rings. The minimum Gasteiger partial charge on any atom is -0.465 e. The molecule has 0 radical (unpaired) electrons. The SMILES string of the molecule is NC(CC(=O)OCCc1ccccc1)C(=O)OCCc1ccccc1. The molecule has 5 nitrogen and oxygen atoms in total. The molecule has 0 amide bonds. The maximum absolute atomic E-state index is 11.8. The third-order valence-electron chi connectivity index (χ3n) is 3.66. The lowest BCUT2D eigenvalue weighted by atomic mass is 10.2. The number of hydrogen-bond acceptors (Lipinski definition) is 5. The Hall–Kier alpha value is -2.66. The molecule has 5 heteroatoms. The lowest BCUT2D eigenvalue weighted by Crippen LogP contribution is -2.35. The first kappa shape index (κ1) is 18.7. The van der Waals surface area contributed by atoms with Gasteiger partial charge in [0, 0.05) is 12.8 Å². The van der Waals surface area contributed by atoms with Gasteiger partial charge in [0.2, 0.25) is 0 Å². The smallest absolute Gasteiger partial charge is 0.323 e. The minimum atomic E-state index is -1.00. The second-order valence-corrected chi connectivity index (χ2v) is 5.67. The maximum Gasteiger partial charge on any atom is 0.323 e. The van der Waals surface area contributed by atoms with Crippen molar-refractivity contribution >= 4 is 11.9 Å². The van der Waals surface area contributed by atoms with Gasteiger partial charge in [0.1, 0.15) is 6.04 Å². The predicted molar refractivity (Wildman–Crippen MR) is 94.8 cm³/mol. The quantitative estimate of drug-likeness (QED) is 0.708. The van der Waals surface area contributed by atoms with Crippen LogP contribution < -0.4 is 5.73 Å². The van der Waals surface area contributed by atoms with Crippen LogP contribution in [-0.2, 0) is 31.9 Å². The zero-order valence-corrected chi connectivity index (χ0v) is 14.1. The topological polar surface area (TPSA) is 78.6 Å². The van der Waals surface area contributed by atoms with Gasteiger partial charge in [0.05, 0.1) is 19.6 Å². The van der Waals surface area contributed by atoms with E-state index in [0.29, 0.717) is 12.8 Å². The zero-order valence-electron chi connectivity index (χ0n) is 14.1. The molecular formula is C20H23NO4. The number of carbonyl (C=O) groups excluding carboxylic acids is 2. The van der Waals surface area contributed by atoms with Crippen molar-refractivity contribution in [3.63, 3.8) is 0 Å². The number of carbonyl (C=O) groups is 2. The third kappa shape index (κ3) is 7.18. The first-order valence-electron chi connectivity index (χ1n) is 8.31. The molecule has 0 saturated heterocycles. The Kier molecular flexibility index (Phi) is 7.66. The van der Waals surface area contributed by atoms with Crippen molar-refractivity contribution in [1.82, 2.24) is 0 Å². The molecule has 25 heavy (non-hydrogen) atoms. The second kappa shape index (κ2) is 10.3. The van der Waals surface area contributed by atoms with E-state index in [4.69, 9.17) is 15.2 Å². The number of nitrogens with two attached hydrogens (primary N) is 1. The largest absolute Gasteiger partial charge is 0.465 e. The van der Waals surface area contributed by atoms with Crippen LogP contribution >= 0.6 is 0 Å². The molecule has 0 aliphatic heterocycles. The van der Waals surface area contributed by atoms with Gasteiger partial charge in [-0.2, -0.15) is 0 Å². The molecule has 1 unspecified atom stereocenters. The van der Waals surface area contributed by atoms with Crippen molar-refractivity contribution < 1.29 is 19.1 Å². The van der Waals surface area contributed by atoms with Gasteiger partial charge in [0.25, 0.3) is 0 Å². The Balaban J connectivity index is 1.61. The van der Waals surface area contributed by atoms with E-state index >= 15 is 0 Å². The Morgan fingerprint density at radius 3 is 1.80 bits per heavy atom. The van der Waals surface area contributed by atoms with Crippen molar-refractivity contribution in [2.24, 2.45) is 5.73 Å². The lowest BCUT2D eigenvalue weighted by Gasteiger charge is -2.11. The summed E-state index contributed by atoms with van der Waals surface area (Å²) < 4.78 is 10.2. The Bertz CT molecular complexity index is 658. The highest BCUT2D eigenvalue weighted by Crippen LogP contribution is 2.03. The van der Waals surface area contributed by atoms with Crippen molar-refractivity contribution in [2.45, 2.75) is 25.3 Å². The van der Waals surface area contributed by atoms with E-state index in [1.54, 1.807) is 0 Å². The molecule has 2 aromatic carbocycles. The number of rotatable bonds is 9. The van der Waals surface area contributed by atoms with E-state index in [-0.39, 0.29) is 19.6 Å². The number of benzene rings is 2. The summed E-state index contributed by atoms with van der Waals surface area (Å²) in [5.74, 6) is -1.08. The van der Waals surface area contributed by atoms with Gasteiger partial charge in [-0.15, -0.1) is 0 Å². The van der Waals surface area contributed by atoms with Gasteiger partial charge in [0.15, 0.2) is 0 Å². The van der Waals surface area contributed by atoms with Crippen molar-refractivity contribution in [3.8, 4) is 0 Å². The zero-order chi connectivity index (χ0) is 17.9. The van der Waals surface area contributed by atoms with Gasteiger partial charge < -0.3 is 15.2 Å². The number of esters is 2. The van der Waals surface area contributed by atoms with E-state index in [1.165, 1.54) is 0 Å². The van der Waals surface area contributed by atoms with Gasteiger partial charge >= 0.3 is 11.9 Å². The van der Waals surface area contributed by atoms with E-state index in [1.807, 2.05) is 60.7 Å². The Morgan fingerprint density at radius 1 is 0.800 bits per heavy atom. The van der Waals surface area contributed by atoms with E-state index in [0.717, 1.165) is 11.1 Å². The van der Waals surface area contributed by atoms with E-state index < -0.39 is 18.0 Å². The molecule has 0 saturated carbocycles. The lowest BCUT2D eigenvalue weighted by molar-refractivity contribution is -0.151. The normalized spacial score (nSPS) is 11.6. The average molecular weight is 341 g/mol.